The van der Waals surface area contributed by atoms with Crippen molar-refractivity contribution >= 4 is 17.4 Å². The molecule has 7 nitrogen and oxygen atoms in total. The minimum absolute atomic E-state index is 0.0866. The Bertz CT molecular complexity index is 1010. The van der Waals surface area contributed by atoms with Crippen molar-refractivity contribution in [3.05, 3.63) is 48.0 Å². The standard InChI is InChI=1S/C21H26F2N6O/c1-2-10-28-12-14(11-24-28)21(30)26-16-8-6-15(7-9-16)25-18-4-3-5-19-27-17(20(22)23)13-29(18)19/h3-5,11-13,15-16,20,25H,2,6-10H2,1H3,(H,26,30). The minimum atomic E-state index is -2.59. The van der Waals surface area contributed by atoms with Gasteiger partial charge in [-0.2, -0.15) is 5.10 Å². The molecule has 3 aromatic rings. The van der Waals surface area contributed by atoms with Crippen molar-refractivity contribution in [2.45, 2.75) is 64.1 Å². The molecule has 1 aliphatic carbocycles. The van der Waals surface area contributed by atoms with Crippen molar-refractivity contribution < 1.29 is 13.6 Å². The summed E-state index contributed by atoms with van der Waals surface area (Å²) in [6.45, 7) is 2.87. The summed E-state index contributed by atoms with van der Waals surface area (Å²) >= 11 is 0. The molecule has 160 valence electrons. The van der Waals surface area contributed by atoms with E-state index in [2.05, 4.69) is 27.6 Å². The number of aromatic nitrogens is 4. The molecule has 1 amide bonds. The van der Waals surface area contributed by atoms with Crippen LogP contribution in [0.3, 0.4) is 0 Å². The lowest BCUT2D eigenvalue weighted by molar-refractivity contribution is 0.0926. The number of alkyl halides is 2. The highest BCUT2D eigenvalue weighted by Gasteiger charge is 2.24. The molecular weight excluding hydrogens is 390 g/mol. The molecule has 0 spiro atoms. The predicted molar refractivity (Wildman–Crippen MR) is 110 cm³/mol. The number of nitrogens with one attached hydrogen (secondary N) is 2. The summed E-state index contributed by atoms with van der Waals surface area (Å²) < 4.78 is 29.4. The van der Waals surface area contributed by atoms with Gasteiger partial charge < -0.3 is 10.6 Å². The first-order valence-corrected chi connectivity index (χ1v) is 10.4. The Morgan fingerprint density at radius 3 is 2.70 bits per heavy atom. The largest absolute Gasteiger partial charge is 0.368 e. The van der Waals surface area contributed by atoms with E-state index in [0.29, 0.717) is 11.2 Å². The monoisotopic (exact) mass is 416 g/mol. The van der Waals surface area contributed by atoms with Gasteiger partial charge in [0.2, 0.25) is 0 Å². The summed E-state index contributed by atoms with van der Waals surface area (Å²) in [4.78, 5) is 16.4. The van der Waals surface area contributed by atoms with Gasteiger partial charge in [0.15, 0.2) is 0 Å². The first-order chi connectivity index (χ1) is 14.5. The van der Waals surface area contributed by atoms with Crippen LogP contribution in [0.5, 0.6) is 0 Å². The molecule has 0 atom stereocenters. The molecule has 0 aromatic carbocycles. The van der Waals surface area contributed by atoms with Crippen LogP contribution >= 0.6 is 0 Å². The average molecular weight is 416 g/mol. The van der Waals surface area contributed by atoms with Crippen LogP contribution in [0.15, 0.2) is 36.8 Å². The third kappa shape index (κ3) is 4.44. The zero-order chi connectivity index (χ0) is 21.1. The number of carbonyl (C=O) groups excluding carboxylic acids is 1. The van der Waals surface area contributed by atoms with Crippen LogP contribution in [0.1, 0.15) is 61.5 Å². The minimum Gasteiger partial charge on any atom is -0.368 e. The summed E-state index contributed by atoms with van der Waals surface area (Å²) in [5.74, 6) is 0.666. The Balaban J connectivity index is 1.32. The maximum Gasteiger partial charge on any atom is 0.281 e. The van der Waals surface area contributed by atoms with E-state index in [4.69, 9.17) is 0 Å². The number of imidazole rings is 1. The van der Waals surface area contributed by atoms with E-state index >= 15 is 0 Å². The smallest absolute Gasteiger partial charge is 0.281 e. The molecule has 2 N–H and O–H groups in total. The number of rotatable bonds is 7. The van der Waals surface area contributed by atoms with Crippen LogP contribution < -0.4 is 10.6 Å². The number of carbonyl (C=O) groups is 1. The van der Waals surface area contributed by atoms with E-state index in [0.717, 1.165) is 44.5 Å². The Morgan fingerprint density at radius 1 is 1.20 bits per heavy atom. The molecule has 30 heavy (non-hydrogen) atoms. The predicted octanol–water partition coefficient (Wildman–Crippen LogP) is 4.03. The quantitative estimate of drug-likeness (QED) is 0.610. The summed E-state index contributed by atoms with van der Waals surface area (Å²) in [5, 5.41) is 10.8. The second kappa shape index (κ2) is 8.81. The SMILES string of the molecule is CCCn1cc(C(=O)NC2CCC(Nc3cccc4nc(C(F)F)cn34)CC2)cn1. The van der Waals surface area contributed by atoms with Gasteiger partial charge >= 0.3 is 0 Å². The van der Waals surface area contributed by atoms with E-state index in [1.165, 1.54) is 6.20 Å². The normalized spacial score (nSPS) is 19.3. The third-order valence-electron chi connectivity index (χ3n) is 5.50. The molecule has 0 unspecified atom stereocenters. The number of amides is 1. The molecular formula is C21H26F2N6O. The molecule has 1 aliphatic rings. The number of anilines is 1. The second-order valence-electron chi connectivity index (χ2n) is 7.76. The molecule has 0 bridgehead atoms. The van der Waals surface area contributed by atoms with Crippen LogP contribution in [0.4, 0.5) is 14.6 Å². The van der Waals surface area contributed by atoms with Crippen molar-refractivity contribution in [3.63, 3.8) is 0 Å². The summed E-state index contributed by atoms with van der Waals surface area (Å²) in [5.41, 5.74) is 0.864. The lowest BCUT2D eigenvalue weighted by Crippen LogP contribution is -2.40. The first-order valence-electron chi connectivity index (χ1n) is 10.4. The zero-order valence-corrected chi connectivity index (χ0v) is 16.9. The Kier molecular flexibility index (Phi) is 5.96. The number of halogens is 2. The van der Waals surface area contributed by atoms with Crippen LogP contribution in [-0.4, -0.2) is 37.2 Å². The lowest BCUT2D eigenvalue weighted by atomic mass is 9.91. The molecule has 3 heterocycles. The van der Waals surface area contributed by atoms with E-state index in [1.54, 1.807) is 27.5 Å². The highest BCUT2D eigenvalue weighted by molar-refractivity contribution is 5.93. The highest BCUT2D eigenvalue weighted by Crippen LogP contribution is 2.25. The van der Waals surface area contributed by atoms with Gasteiger partial charge in [-0.05, 0) is 44.2 Å². The number of pyridine rings is 1. The van der Waals surface area contributed by atoms with Crippen LogP contribution in [0.2, 0.25) is 0 Å². The molecule has 9 heteroatoms. The second-order valence-corrected chi connectivity index (χ2v) is 7.76. The Morgan fingerprint density at radius 2 is 1.97 bits per heavy atom. The number of fused-ring (bicyclic) bond motifs is 1. The molecule has 0 radical (unpaired) electrons. The van der Waals surface area contributed by atoms with Crippen molar-refractivity contribution in [3.8, 4) is 0 Å². The molecule has 4 rings (SSSR count). The molecule has 0 saturated heterocycles. The van der Waals surface area contributed by atoms with Gasteiger partial charge in [-0.15, -0.1) is 0 Å². The van der Waals surface area contributed by atoms with Crippen molar-refractivity contribution in [2.75, 3.05) is 5.32 Å². The van der Waals surface area contributed by atoms with Gasteiger partial charge in [0.25, 0.3) is 12.3 Å². The van der Waals surface area contributed by atoms with E-state index in [-0.39, 0.29) is 23.7 Å². The number of hydrogen-bond acceptors (Lipinski definition) is 4. The van der Waals surface area contributed by atoms with Gasteiger partial charge in [0, 0.05) is 31.0 Å². The summed E-state index contributed by atoms with van der Waals surface area (Å²) in [6, 6.07) is 5.73. The van der Waals surface area contributed by atoms with Crippen LogP contribution in [0, 0.1) is 0 Å². The fourth-order valence-electron chi connectivity index (χ4n) is 3.94. The van der Waals surface area contributed by atoms with Gasteiger partial charge in [0.1, 0.15) is 17.2 Å². The molecule has 0 aliphatic heterocycles. The zero-order valence-electron chi connectivity index (χ0n) is 16.9. The van der Waals surface area contributed by atoms with Gasteiger partial charge in [0.05, 0.1) is 11.8 Å². The van der Waals surface area contributed by atoms with Crippen molar-refractivity contribution in [1.29, 1.82) is 0 Å². The molecule has 1 fully saturated rings. The van der Waals surface area contributed by atoms with Gasteiger partial charge in [-0.1, -0.05) is 13.0 Å². The average Bonchev–Trinajstić information content (AvgIpc) is 3.37. The van der Waals surface area contributed by atoms with Crippen LogP contribution in [0.25, 0.3) is 5.65 Å². The topological polar surface area (TPSA) is 76.2 Å². The summed E-state index contributed by atoms with van der Waals surface area (Å²) in [7, 11) is 0. The van der Waals surface area contributed by atoms with E-state index in [1.807, 2.05) is 12.1 Å². The first kappa shape index (κ1) is 20.3. The van der Waals surface area contributed by atoms with Crippen molar-refractivity contribution in [1.82, 2.24) is 24.5 Å². The molecule has 3 aromatic heterocycles. The maximum atomic E-state index is 13.0. The number of aryl methyl sites for hydroxylation is 1. The van der Waals surface area contributed by atoms with E-state index < -0.39 is 6.43 Å². The molecule has 1 saturated carbocycles. The third-order valence-corrected chi connectivity index (χ3v) is 5.50. The fraction of sp³-hybridized carbons (Fsp3) is 0.476. The number of hydrogen-bond donors (Lipinski definition) is 2. The van der Waals surface area contributed by atoms with Gasteiger partial charge in [-0.3, -0.25) is 13.9 Å². The summed E-state index contributed by atoms with van der Waals surface area (Å²) in [6.07, 6.45) is 6.63. The van der Waals surface area contributed by atoms with E-state index in [9.17, 15) is 13.6 Å². The Hall–Kier alpha value is -2.97. The maximum absolute atomic E-state index is 13.0. The fourth-order valence-corrected chi connectivity index (χ4v) is 3.94. The van der Waals surface area contributed by atoms with Crippen LogP contribution in [-0.2, 0) is 6.54 Å². The lowest BCUT2D eigenvalue weighted by Gasteiger charge is -2.30. The Labute approximate surface area is 173 Å². The number of nitrogens with zero attached hydrogens (tertiary/aromatic N) is 4. The highest BCUT2D eigenvalue weighted by atomic mass is 19.3. The van der Waals surface area contributed by atoms with Crippen molar-refractivity contribution in [2.24, 2.45) is 0 Å². The van der Waals surface area contributed by atoms with Gasteiger partial charge in [-0.25, -0.2) is 13.8 Å².